The normalized spacial score (nSPS) is 18.6. The van der Waals surface area contributed by atoms with E-state index in [0.717, 1.165) is 31.5 Å². The van der Waals surface area contributed by atoms with Gasteiger partial charge in [-0.3, -0.25) is 9.69 Å². The van der Waals surface area contributed by atoms with E-state index in [9.17, 15) is 10.1 Å². The number of carbonyl (C=O) groups excluding carboxylic acids is 1. The maximum absolute atomic E-state index is 13.0. The van der Waals surface area contributed by atoms with Crippen molar-refractivity contribution in [3.63, 3.8) is 0 Å². The highest BCUT2D eigenvalue weighted by Gasteiger charge is 2.35. The molecule has 1 fully saturated rings. The van der Waals surface area contributed by atoms with Crippen molar-refractivity contribution in [3.8, 4) is 6.07 Å². The van der Waals surface area contributed by atoms with Gasteiger partial charge >= 0.3 is 0 Å². The summed E-state index contributed by atoms with van der Waals surface area (Å²) in [5, 5.41) is 12.7. The molecule has 0 aliphatic carbocycles. The Morgan fingerprint density at radius 2 is 1.60 bits per heavy atom. The maximum Gasteiger partial charge on any atom is 0.252 e. The van der Waals surface area contributed by atoms with E-state index in [0.29, 0.717) is 5.56 Å². The fourth-order valence-electron chi connectivity index (χ4n) is 4.05. The summed E-state index contributed by atoms with van der Waals surface area (Å²) < 4.78 is 0. The zero-order valence-electron chi connectivity index (χ0n) is 16.9. The van der Waals surface area contributed by atoms with Crippen LogP contribution in [0.4, 0.5) is 0 Å². The van der Waals surface area contributed by atoms with Gasteiger partial charge in [-0.15, -0.1) is 0 Å². The molecular formula is C26H25N3O. The lowest BCUT2D eigenvalue weighted by atomic mass is 10.0. The number of benzene rings is 3. The number of amides is 1. The second-order valence-corrected chi connectivity index (χ2v) is 7.76. The first-order valence-corrected chi connectivity index (χ1v) is 10.3. The molecule has 4 nitrogen and oxygen atoms in total. The van der Waals surface area contributed by atoms with Gasteiger partial charge in [-0.25, -0.2) is 0 Å². The highest BCUT2D eigenvalue weighted by molar-refractivity contribution is 5.94. The number of likely N-dealkylation sites (tertiary alicyclic amines) is 1. The molecule has 0 spiro atoms. The van der Waals surface area contributed by atoms with Crippen molar-refractivity contribution in [1.29, 1.82) is 5.26 Å². The first-order valence-electron chi connectivity index (χ1n) is 10.3. The molecule has 1 saturated heterocycles. The minimum Gasteiger partial charge on any atom is -0.335 e. The van der Waals surface area contributed by atoms with E-state index < -0.39 is 0 Å². The molecule has 150 valence electrons. The third-order valence-electron chi connectivity index (χ3n) is 5.62. The summed E-state index contributed by atoms with van der Waals surface area (Å²) in [7, 11) is 0. The van der Waals surface area contributed by atoms with E-state index in [1.807, 2.05) is 60.7 Å². The van der Waals surface area contributed by atoms with Crippen LogP contribution in [0.3, 0.4) is 0 Å². The van der Waals surface area contributed by atoms with Crippen LogP contribution in [0.2, 0.25) is 0 Å². The van der Waals surface area contributed by atoms with Gasteiger partial charge in [0.15, 0.2) is 0 Å². The zero-order valence-corrected chi connectivity index (χ0v) is 16.9. The molecule has 4 heteroatoms. The molecule has 0 bridgehead atoms. The molecule has 1 heterocycles. The fraction of sp³-hybridized carbons (Fsp3) is 0.231. The van der Waals surface area contributed by atoms with Crippen LogP contribution < -0.4 is 5.32 Å². The number of nitriles is 1. The fourth-order valence-corrected chi connectivity index (χ4v) is 4.05. The molecule has 1 aliphatic rings. The molecule has 1 aliphatic heterocycles. The predicted octanol–water partition coefficient (Wildman–Crippen LogP) is 4.38. The highest BCUT2D eigenvalue weighted by atomic mass is 16.1. The average molecular weight is 396 g/mol. The highest BCUT2D eigenvalue weighted by Crippen LogP contribution is 2.24. The van der Waals surface area contributed by atoms with Crippen molar-refractivity contribution < 1.29 is 4.79 Å². The summed E-state index contributed by atoms with van der Waals surface area (Å²) in [4.78, 5) is 15.2. The Bertz CT molecular complexity index is 1030. The third-order valence-corrected chi connectivity index (χ3v) is 5.62. The van der Waals surface area contributed by atoms with Gasteiger partial charge in [0.1, 0.15) is 0 Å². The lowest BCUT2D eigenvalue weighted by Crippen LogP contribution is -2.47. The second-order valence-electron chi connectivity index (χ2n) is 7.76. The van der Waals surface area contributed by atoms with Crippen LogP contribution in [0.25, 0.3) is 0 Å². The first kappa shape index (κ1) is 19.9. The van der Waals surface area contributed by atoms with E-state index in [1.54, 1.807) is 0 Å². The standard InChI is InChI=1S/C26H25N3O/c27-18-24-14-15-29(19-21-10-5-2-6-11-21)25(24)28-26(30)23-13-7-12-22(17-23)16-20-8-3-1-4-9-20/h1-13,17,24-25H,14-16,19H2,(H,28,30). The van der Waals surface area contributed by atoms with Gasteiger partial charge in [0, 0.05) is 18.7 Å². The molecule has 2 atom stereocenters. The SMILES string of the molecule is N#CC1CCN(Cc2ccccc2)C1NC(=O)c1cccc(Cc2ccccc2)c1. The van der Waals surface area contributed by atoms with Gasteiger partial charge in [-0.05, 0) is 41.7 Å². The zero-order chi connectivity index (χ0) is 20.8. The molecule has 4 rings (SSSR count). The Kier molecular flexibility index (Phi) is 6.22. The minimum atomic E-state index is -0.277. The first-order chi connectivity index (χ1) is 14.7. The summed E-state index contributed by atoms with van der Waals surface area (Å²) in [5.41, 5.74) is 4.12. The number of carbonyl (C=O) groups is 1. The van der Waals surface area contributed by atoms with Crippen molar-refractivity contribution in [2.75, 3.05) is 6.54 Å². The van der Waals surface area contributed by atoms with Crippen molar-refractivity contribution >= 4 is 5.91 Å². The second kappa shape index (κ2) is 9.39. The third kappa shape index (κ3) is 4.76. The molecule has 3 aromatic carbocycles. The van der Waals surface area contributed by atoms with Crippen LogP contribution in [0.1, 0.15) is 33.5 Å². The quantitative estimate of drug-likeness (QED) is 0.674. The van der Waals surface area contributed by atoms with Crippen molar-refractivity contribution in [2.24, 2.45) is 5.92 Å². The molecule has 1 amide bonds. The van der Waals surface area contributed by atoms with Gasteiger partial charge in [-0.2, -0.15) is 5.26 Å². The van der Waals surface area contributed by atoms with Crippen LogP contribution in [0.15, 0.2) is 84.9 Å². The Labute approximate surface area is 177 Å². The van der Waals surface area contributed by atoms with Crippen molar-refractivity contribution in [2.45, 2.75) is 25.6 Å². The molecular weight excluding hydrogens is 370 g/mol. The maximum atomic E-state index is 13.0. The smallest absolute Gasteiger partial charge is 0.252 e. The summed E-state index contributed by atoms with van der Waals surface area (Å²) in [6.07, 6.45) is 1.27. The summed E-state index contributed by atoms with van der Waals surface area (Å²) in [5.74, 6) is -0.333. The van der Waals surface area contributed by atoms with E-state index in [1.165, 1.54) is 11.1 Å². The molecule has 3 aromatic rings. The minimum absolute atomic E-state index is 0.130. The largest absolute Gasteiger partial charge is 0.335 e. The van der Waals surface area contributed by atoms with E-state index >= 15 is 0 Å². The lowest BCUT2D eigenvalue weighted by molar-refractivity contribution is 0.0866. The lowest BCUT2D eigenvalue weighted by Gasteiger charge is -2.27. The van der Waals surface area contributed by atoms with Gasteiger partial charge < -0.3 is 5.32 Å². The topological polar surface area (TPSA) is 56.1 Å². The van der Waals surface area contributed by atoms with Gasteiger partial charge in [0.05, 0.1) is 18.2 Å². The average Bonchev–Trinajstić information content (AvgIpc) is 3.16. The van der Waals surface area contributed by atoms with E-state index in [-0.39, 0.29) is 18.0 Å². The summed E-state index contributed by atoms with van der Waals surface area (Å²) in [6.45, 7) is 1.52. The molecule has 0 saturated carbocycles. The van der Waals surface area contributed by atoms with Gasteiger partial charge in [0.2, 0.25) is 0 Å². The van der Waals surface area contributed by atoms with E-state index in [4.69, 9.17) is 0 Å². The molecule has 1 N–H and O–H groups in total. The van der Waals surface area contributed by atoms with Gasteiger partial charge in [-0.1, -0.05) is 72.8 Å². The van der Waals surface area contributed by atoms with Crippen LogP contribution in [-0.2, 0) is 13.0 Å². The van der Waals surface area contributed by atoms with Crippen LogP contribution >= 0.6 is 0 Å². The van der Waals surface area contributed by atoms with Crippen LogP contribution in [0, 0.1) is 17.2 Å². The molecule has 0 aromatic heterocycles. The number of hydrogen-bond acceptors (Lipinski definition) is 3. The Morgan fingerprint density at radius 1 is 0.933 bits per heavy atom. The predicted molar refractivity (Wildman–Crippen MR) is 118 cm³/mol. The number of nitrogens with one attached hydrogen (secondary N) is 1. The Hall–Kier alpha value is -3.42. The number of rotatable bonds is 6. The molecule has 0 radical (unpaired) electrons. The van der Waals surface area contributed by atoms with E-state index in [2.05, 4.69) is 40.6 Å². The van der Waals surface area contributed by atoms with Crippen molar-refractivity contribution in [3.05, 3.63) is 107 Å². The molecule has 2 unspecified atom stereocenters. The van der Waals surface area contributed by atoms with Gasteiger partial charge in [0.25, 0.3) is 5.91 Å². The Morgan fingerprint density at radius 3 is 2.30 bits per heavy atom. The number of hydrogen-bond donors (Lipinski definition) is 1. The van der Waals surface area contributed by atoms with Crippen molar-refractivity contribution in [1.82, 2.24) is 10.2 Å². The monoisotopic (exact) mass is 395 g/mol. The van der Waals surface area contributed by atoms with Crippen LogP contribution in [0.5, 0.6) is 0 Å². The Balaban J connectivity index is 1.47. The summed E-state index contributed by atoms with van der Waals surface area (Å²) in [6, 6.07) is 30.5. The summed E-state index contributed by atoms with van der Waals surface area (Å²) >= 11 is 0. The van der Waals surface area contributed by atoms with Crippen LogP contribution in [-0.4, -0.2) is 23.5 Å². The molecule has 30 heavy (non-hydrogen) atoms. The number of nitrogens with zero attached hydrogens (tertiary/aromatic N) is 2.